The first kappa shape index (κ1) is 18.7. The van der Waals surface area contributed by atoms with Crippen LogP contribution in [0.2, 0.25) is 0 Å². The first-order valence-electron chi connectivity index (χ1n) is 6.15. The Morgan fingerprint density at radius 2 is 1.86 bits per heavy atom. The molecule has 0 aromatic heterocycles. The predicted octanol–water partition coefficient (Wildman–Crippen LogP) is 2.89. The number of hydrogen-bond acceptors (Lipinski definition) is 5. The Balaban J connectivity index is 2.89. The summed E-state index contributed by atoms with van der Waals surface area (Å²) < 4.78 is 51.9. The maximum absolute atomic E-state index is 11.6. The van der Waals surface area contributed by atoms with E-state index in [-0.39, 0.29) is 35.2 Å². The molecule has 0 radical (unpaired) electrons. The van der Waals surface area contributed by atoms with Crippen molar-refractivity contribution in [3.8, 4) is 5.75 Å². The van der Waals surface area contributed by atoms with Crippen LogP contribution in [0.5, 0.6) is 5.75 Å². The third-order valence-corrected chi connectivity index (χ3v) is 6.33. The molecule has 1 aromatic carbocycles. The predicted molar refractivity (Wildman–Crippen MR) is 86.4 cm³/mol. The molecule has 0 bridgehead atoms. The lowest BCUT2D eigenvalue weighted by Crippen LogP contribution is -2.12. The van der Waals surface area contributed by atoms with Crippen LogP contribution in [0.1, 0.15) is 18.9 Å². The number of ether oxygens (including phenoxy) is 1. The highest BCUT2D eigenvalue weighted by molar-refractivity contribution is 9.10. The standard InChI is InChI=1S/C12H16BrClO5S2/c1-3-20(15,16)6-4-5-19-12-9(2)7-10(13)8-11(12)21(14,17)18/h7-8H,3-6H2,1-2H3. The fourth-order valence-electron chi connectivity index (χ4n) is 1.66. The fourth-order valence-corrected chi connectivity index (χ4v) is 4.29. The lowest BCUT2D eigenvalue weighted by Gasteiger charge is -2.13. The summed E-state index contributed by atoms with van der Waals surface area (Å²) in [6.07, 6.45) is 0.285. The second-order valence-corrected chi connectivity index (χ2v) is 10.3. The molecule has 9 heteroatoms. The van der Waals surface area contributed by atoms with Crippen LogP contribution >= 0.6 is 26.6 Å². The summed E-state index contributed by atoms with van der Waals surface area (Å²) in [5, 5.41) is 0. The molecule has 0 heterocycles. The van der Waals surface area contributed by atoms with Crippen molar-refractivity contribution in [2.75, 3.05) is 18.1 Å². The lowest BCUT2D eigenvalue weighted by atomic mass is 10.2. The zero-order chi connectivity index (χ0) is 16.3. The van der Waals surface area contributed by atoms with Gasteiger partial charge in [-0.2, -0.15) is 0 Å². The normalized spacial score (nSPS) is 12.4. The van der Waals surface area contributed by atoms with Crippen LogP contribution in [0.25, 0.3) is 0 Å². The minimum absolute atomic E-state index is 0.00202. The molecule has 0 spiro atoms. The smallest absolute Gasteiger partial charge is 0.265 e. The Morgan fingerprint density at radius 1 is 1.24 bits per heavy atom. The van der Waals surface area contributed by atoms with E-state index in [1.807, 2.05) is 0 Å². The van der Waals surface area contributed by atoms with Gasteiger partial charge in [-0.1, -0.05) is 22.9 Å². The summed E-state index contributed by atoms with van der Waals surface area (Å²) in [6.45, 7) is 3.36. The summed E-state index contributed by atoms with van der Waals surface area (Å²) in [7, 11) is -1.62. The molecule has 5 nitrogen and oxygen atoms in total. The minimum Gasteiger partial charge on any atom is -0.492 e. The topological polar surface area (TPSA) is 77.5 Å². The van der Waals surface area contributed by atoms with E-state index in [0.29, 0.717) is 10.0 Å². The van der Waals surface area contributed by atoms with Crippen molar-refractivity contribution in [2.24, 2.45) is 0 Å². The van der Waals surface area contributed by atoms with Gasteiger partial charge in [0.15, 0.2) is 0 Å². The number of aryl methyl sites for hydroxylation is 1. The van der Waals surface area contributed by atoms with Gasteiger partial charge in [-0.25, -0.2) is 16.8 Å². The van der Waals surface area contributed by atoms with Crippen LogP contribution in [-0.4, -0.2) is 34.9 Å². The summed E-state index contributed by atoms with van der Waals surface area (Å²) in [4.78, 5) is -0.130. The van der Waals surface area contributed by atoms with Crippen LogP contribution in [-0.2, 0) is 18.9 Å². The van der Waals surface area contributed by atoms with Gasteiger partial charge < -0.3 is 4.74 Å². The second kappa shape index (κ2) is 7.30. The number of sulfone groups is 1. The highest BCUT2D eigenvalue weighted by atomic mass is 79.9. The van der Waals surface area contributed by atoms with E-state index in [0.717, 1.165) is 0 Å². The highest BCUT2D eigenvalue weighted by Gasteiger charge is 2.20. The van der Waals surface area contributed by atoms with Gasteiger partial charge in [0.25, 0.3) is 9.05 Å². The van der Waals surface area contributed by atoms with Gasteiger partial charge in [0.05, 0.1) is 12.4 Å². The molecule has 120 valence electrons. The van der Waals surface area contributed by atoms with E-state index >= 15 is 0 Å². The van der Waals surface area contributed by atoms with E-state index in [9.17, 15) is 16.8 Å². The Hall–Kier alpha value is -0.310. The van der Waals surface area contributed by atoms with Crippen LogP contribution < -0.4 is 4.74 Å². The summed E-state index contributed by atoms with van der Waals surface area (Å²) in [5.41, 5.74) is 0.599. The molecule has 0 unspecified atom stereocenters. The second-order valence-electron chi connectivity index (χ2n) is 4.43. The molecule has 1 aromatic rings. The van der Waals surface area contributed by atoms with Gasteiger partial charge in [0, 0.05) is 20.9 Å². The van der Waals surface area contributed by atoms with Crippen molar-refractivity contribution < 1.29 is 21.6 Å². The van der Waals surface area contributed by atoms with Gasteiger partial charge in [0.2, 0.25) is 0 Å². The Labute approximate surface area is 138 Å². The van der Waals surface area contributed by atoms with Crippen LogP contribution in [0.15, 0.2) is 21.5 Å². The fraction of sp³-hybridized carbons (Fsp3) is 0.500. The molecular weight excluding hydrogens is 404 g/mol. The molecule has 0 amide bonds. The third-order valence-electron chi connectivity index (χ3n) is 2.75. The molecule has 0 fully saturated rings. The van der Waals surface area contributed by atoms with E-state index in [1.54, 1.807) is 19.9 Å². The molecule has 0 aliphatic heterocycles. The molecule has 0 saturated heterocycles. The molecule has 21 heavy (non-hydrogen) atoms. The Morgan fingerprint density at radius 3 is 2.38 bits per heavy atom. The average molecular weight is 420 g/mol. The number of rotatable bonds is 7. The van der Waals surface area contributed by atoms with Gasteiger partial charge in [-0.05, 0) is 31.0 Å². The van der Waals surface area contributed by atoms with Crippen molar-refractivity contribution in [3.63, 3.8) is 0 Å². The Kier molecular flexibility index (Phi) is 6.52. The van der Waals surface area contributed by atoms with Crippen molar-refractivity contribution in [1.82, 2.24) is 0 Å². The first-order valence-corrected chi connectivity index (χ1v) is 11.1. The van der Waals surface area contributed by atoms with Gasteiger partial charge in [-0.15, -0.1) is 0 Å². The number of halogens is 2. The highest BCUT2D eigenvalue weighted by Crippen LogP contribution is 2.33. The Bertz CT molecular complexity index is 713. The summed E-state index contributed by atoms with van der Waals surface area (Å²) in [5.74, 6) is 0.232. The van der Waals surface area contributed by atoms with Crippen molar-refractivity contribution in [1.29, 1.82) is 0 Å². The lowest BCUT2D eigenvalue weighted by molar-refractivity contribution is 0.307. The monoisotopic (exact) mass is 418 g/mol. The van der Waals surface area contributed by atoms with E-state index in [4.69, 9.17) is 15.4 Å². The third kappa shape index (κ3) is 5.77. The number of hydrogen-bond donors (Lipinski definition) is 0. The molecule has 1 rings (SSSR count). The summed E-state index contributed by atoms with van der Waals surface area (Å²) in [6, 6.07) is 3.05. The SMILES string of the molecule is CCS(=O)(=O)CCCOc1c(C)cc(Br)cc1S(=O)(=O)Cl. The number of benzene rings is 1. The average Bonchev–Trinajstić information content (AvgIpc) is 2.34. The van der Waals surface area contributed by atoms with E-state index in [1.165, 1.54) is 6.07 Å². The molecule has 0 aliphatic carbocycles. The van der Waals surface area contributed by atoms with Crippen LogP contribution in [0.4, 0.5) is 0 Å². The van der Waals surface area contributed by atoms with Crippen molar-refractivity contribution in [3.05, 3.63) is 22.2 Å². The van der Waals surface area contributed by atoms with Crippen LogP contribution in [0, 0.1) is 6.92 Å². The first-order chi connectivity index (χ1) is 9.57. The molecular formula is C12H16BrClO5S2. The van der Waals surface area contributed by atoms with Gasteiger partial charge >= 0.3 is 0 Å². The van der Waals surface area contributed by atoms with Crippen molar-refractivity contribution in [2.45, 2.75) is 25.2 Å². The van der Waals surface area contributed by atoms with Gasteiger partial charge in [0.1, 0.15) is 20.5 Å². The molecule has 0 atom stereocenters. The zero-order valence-electron chi connectivity index (χ0n) is 11.6. The van der Waals surface area contributed by atoms with Crippen molar-refractivity contribution >= 4 is 45.5 Å². The molecule has 0 saturated carbocycles. The zero-order valence-corrected chi connectivity index (χ0v) is 15.6. The van der Waals surface area contributed by atoms with E-state index in [2.05, 4.69) is 15.9 Å². The van der Waals surface area contributed by atoms with Crippen LogP contribution in [0.3, 0.4) is 0 Å². The quantitative estimate of drug-likeness (QED) is 0.501. The maximum Gasteiger partial charge on any atom is 0.265 e. The molecule has 0 aliphatic rings. The van der Waals surface area contributed by atoms with Gasteiger partial charge in [-0.3, -0.25) is 0 Å². The van der Waals surface area contributed by atoms with E-state index < -0.39 is 18.9 Å². The minimum atomic E-state index is -3.95. The summed E-state index contributed by atoms with van der Waals surface area (Å²) >= 11 is 3.20. The molecule has 0 N–H and O–H groups in total. The largest absolute Gasteiger partial charge is 0.492 e. The maximum atomic E-state index is 11.6.